The first kappa shape index (κ1) is 11.0. The monoisotopic (exact) mass is 234 g/mol. The summed E-state index contributed by atoms with van der Waals surface area (Å²) in [5, 5.41) is 7.17. The standard InChI is InChI=1S/C14H19FN2/c1-9-6-10(4-5-14(9)15)17-13-7-11-2-3-12(8-13)16-11/h4-6,11-13,16-17H,2-3,7-8H2,1H3. The molecule has 0 saturated carbocycles. The summed E-state index contributed by atoms with van der Waals surface area (Å²) in [6, 6.07) is 7.21. The van der Waals surface area contributed by atoms with Crippen molar-refractivity contribution in [2.45, 2.75) is 50.7 Å². The lowest BCUT2D eigenvalue weighted by Gasteiger charge is -2.30. The van der Waals surface area contributed by atoms with Crippen molar-refractivity contribution in [1.82, 2.24) is 5.32 Å². The molecule has 2 aliphatic rings. The third-order valence-corrected chi connectivity index (χ3v) is 4.00. The van der Waals surface area contributed by atoms with Crippen LogP contribution in [0.1, 0.15) is 31.2 Å². The van der Waals surface area contributed by atoms with E-state index in [-0.39, 0.29) is 5.82 Å². The topological polar surface area (TPSA) is 24.1 Å². The Morgan fingerprint density at radius 1 is 1.24 bits per heavy atom. The summed E-state index contributed by atoms with van der Waals surface area (Å²) in [5.41, 5.74) is 1.77. The number of fused-ring (bicyclic) bond motifs is 2. The van der Waals surface area contributed by atoms with Crippen molar-refractivity contribution in [1.29, 1.82) is 0 Å². The second-order valence-electron chi connectivity index (χ2n) is 5.41. The molecule has 2 unspecified atom stereocenters. The SMILES string of the molecule is Cc1cc(NC2CC3CCC(C2)N3)ccc1F. The summed E-state index contributed by atoms with van der Waals surface area (Å²) in [7, 11) is 0. The number of rotatable bonds is 2. The molecule has 92 valence electrons. The average molecular weight is 234 g/mol. The van der Waals surface area contributed by atoms with Gasteiger partial charge in [0, 0.05) is 23.8 Å². The fourth-order valence-corrected chi connectivity index (χ4v) is 3.15. The van der Waals surface area contributed by atoms with Crippen molar-refractivity contribution < 1.29 is 4.39 Å². The molecule has 2 N–H and O–H groups in total. The summed E-state index contributed by atoms with van der Waals surface area (Å²) in [5.74, 6) is -0.124. The number of aryl methyl sites for hydroxylation is 1. The molecule has 0 radical (unpaired) electrons. The van der Waals surface area contributed by atoms with Gasteiger partial charge >= 0.3 is 0 Å². The van der Waals surface area contributed by atoms with Crippen molar-refractivity contribution in [3.05, 3.63) is 29.6 Å². The minimum absolute atomic E-state index is 0.124. The first-order valence-electron chi connectivity index (χ1n) is 6.49. The lowest BCUT2D eigenvalue weighted by Crippen LogP contribution is -2.43. The van der Waals surface area contributed by atoms with E-state index in [0.717, 1.165) is 5.69 Å². The fourth-order valence-electron chi connectivity index (χ4n) is 3.15. The predicted molar refractivity (Wildman–Crippen MR) is 67.7 cm³/mol. The van der Waals surface area contributed by atoms with Gasteiger partial charge in [0.1, 0.15) is 5.82 Å². The van der Waals surface area contributed by atoms with Crippen LogP contribution in [0.3, 0.4) is 0 Å². The maximum absolute atomic E-state index is 13.2. The second kappa shape index (κ2) is 4.30. The zero-order valence-corrected chi connectivity index (χ0v) is 10.2. The number of piperidine rings is 1. The maximum atomic E-state index is 13.2. The van der Waals surface area contributed by atoms with Crippen molar-refractivity contribution in [2.75, 3.05) is 5.32 Å². The summed E-state index contributed by atoms with van der Waals surface area (Å²) in [6.07, 6.45) is 5.00. The van der Waals surface area contributed by atoms with Gasteiger partial charge in [0.05, 0.1) is 0 Å². The van der Waals surface area contributed by atoms with Gasteiger partial charge in [-0.2, -0.15) is 0 Å². The van der Waals surface area contributed by atoms with Gasteiger partial charge in [-0.15, -0.1) is 0 Å². The first-order chi connectivity index (χ1) is 8.20. The van der Waals surface area contributed by atoms with Gasteiger partial charge in [0.15, 0.2) is 0 Å². The number of nitrogens with one attached hydrogen (secondary N) is 2. The van der Waals surface area contributed by atoms with Crippen LogP contribution in [0.2, 0.25) is 0 Å². The van der Waals surface area contributed by atoms with Crippen LogP contribution in [-0.2, 0) is 0 Å². The molecule has 3 heteroatoms. The van der Waals surface area contributed by atoms with Crippen LogP contribution in [-0.4, -0.2) is 18.1 Å². The highest BCUT2D eigenvalue weighted by molar-refractivity contribution is 5.47. The lowest BCUT2D eigenvalue weighted by atomic mass is 9.99. The van der Waals surface area contributed by atoms with E-state index in [1.165, 1.54) is 25.7 Å². The molecule has 2 heterocycles. The molecule has 2 bridgehead atoms. The molecule has 3 rings (SSSR count). The molecule has 1 aromatic rings. The molecule has 0 spiro atoms. The van der Waals surface area contributed by atoms with E-state index in [1.807, 2.05) is 19.1 Å². The Labute approximate surface area is 102 Å². The fraction of sp³-hybridized carbons (Fsp3) is 0.571. The normalized spacial score (nSPS) is 31.5. The van der Waals surface area contributed by atoms with Crippen LogP contribution in [0.4, 0.5) is 10.1 Å². The van der Waals surface area contributed by atoms with Gasteiger partial charge in [0.2, 0.25) is 0 Å². The Bertz CT molecular complexity index is 407. The number of anilines is 1. The van der Waals surface area contributed by atoms with Gasteiger partial charge in [-0.3, -0.25) is 0 Å². The molecule has 1 aromatic carbocycles. The number of hydrogen-bond acceptors (Lipinski definition) is 2. The van der Waals surface area contributed by atoms with Crippen LogP contribution in [0, 0.1) is 12.7 Å². The number of benzene rings is 1. The van der Waals surface area contributed by atoms with Gasteiger partial charge in [0.25, 0.3) is 0 Å². The van der Waals surface area contributed by atoms with Crippen molar-refractivity contribution in [3.63, 3.8) is 0 Å². The number of halogens is 1. The molecule has 2 fully saturated rings. The van der Waals surface area contributed by atoms with Gasteiger partial charge in [-0.1, -0.05) is 0 Å². The van der Waals surface area contributed by atoms with E-state index < -0.39 is 0 Å². The molecular weight excluding hydrogens is 215 g/mol. The van der Waals surface area contributed by atoms with E-state index in [4.69, 9.17) is 0 Å². The van der Waals surface area contributed by atoms with Crippen molar-refractivity contribution >= 4 is 5.69 Å². The second-order valence-corrected chi connectivity index (χ2v) is 5.41. The Morgan fingerprint density at radius 3 is 2.59 bits per heavy atom. The molecule has 17 heavy (non-hydrogen) atoms. The van der Waals surface area contributed by atoms with Crippen molar-refractivity contribution in [3.8, 4) is 0 Å². The summed E-state index contributed by atoms with van der Waals surface area (Å²) in [6.45, 7) is 1.81. The molecule has 2 saturated heterocycles. The van der Waals surface area contributed by atoms with E-state index in [9.17, 15) is 4.39 Å². The quantitative estimate of drug-likeness (QED) is 0.822. The summed E-state index contributed by atoms with van der Waals surface area (Å²) < 4.78 is 13.2. The molecule has 2 atom stereocenters. The molecule has 2 aliphatic heterocycles. The van der Waals surface area contributed by atoms with E-state index >= 15 is 0 Å². The molecule has 2 nitrogen and oxygen atoms in total. The Balaban J connectivity index is 1.68. The van der Waals surface area contributed by atoms with E-state index in [2.05, 4.69) is 10.6 Å². The maximum Gasteiger partial charge on any atom is 0.126 e. The third kappa shape index (κ3) is 2.29. The highest BCUT2D eigenvalue weighted by Crippen LogP contribution is 2.29. The molecule has 0 aromatic heterocycles. The van der Waals surface area contributed by atoms with Crippen LogP contribution >= 0.6 is 0 Å². The average Bonchev–Trinajstić information content (AvgIpc) is 2.64. The van der Waals surface area contributed by atoms with Crippen LogP contribution in [0.15, 0.2) is 18.2 Å². The van der Waals surface area contributed by atoms with Crippen LogP contribution < -0.4 is 10.6 Å². The highest BCUT2D eigenvalue weighted by Gasteiger charge is 2.33. The van der Waals surface area contributed by atoms with E-state index in [0.29, 0.717) is 23.7 Å². The molecular formula is C14H19FN2. The zero-order chi connectivity index (χ0) is 11.8. The first-order valence-corrected chi connectivity index (χ1v) is 6.49. The van der Waals surface area contributed by atoms with Crippen LogP contribution in [0.25, 0.3) is 0 Å². The molecule has 0 aliphatic carbocycles. The predicted octanol–water partition coefficient (Wildman–Crippen LogP) is 2.83. The zero-order valence-electron chi connectivity index (χ0n) is 10.2. The summed E-state index contributed by atoms with van der Waals surface area (Å²) >= 11 is 0. The number of hydrogen-bond donors (Lipinski definition) is 2. The highest BCUT2D eigenvalue weighted by atomic mass is 19.1. The minimum atomic E-state index is -0.124. The minimum Gasteiger partial charge on any atom is -0.382 e. The lowest BCUT2D eigenvalue weighted by molar-refractivity contribution is 0.378. The van der Waals surface area contributed by atoms with E-state index in [1.54, 1.807) is 6.07 Å². The Hall–Kier alpha value is -1.09. The Kier molecular flexibility index (Phi) is 2.79. The van der Waals surface area contributed by atoms with Gasteiger partial charge < -0.3 is 10.6 Å². The van der Waals surface area contributed by atoms with Crippen LogP contribution in [0.5, 0.6) is 0 Å². The molecule has 0 amide bonds. The third-order valence-electron chi connectivity index (χ3n) is 4.00. The Morgan fingerprint density at radius 2 is 1.94 bits per heavy atom. The smallest absolute Gasteiger partial charge is 0.126 e. The van der Waals surface area contributed by atoms with Crippen molar-refractivity contribution in [2.24, 2.45) is 0 Å². The van der Waals surface area contributed by atoms with Gasteiger partial charge in [-0.25, -0.2) is 4.39 Å². The summed E-state index contributed by atoms with van der Waals surface area (Å²) in [4.78, 5) is 0. The van der Waals surface area contributed by atoms with Gasteiger partial charge in [-0.05, 0) is 56.4 Å². The largest absolute Gasteiger partial charge is 0.382 e.